The summed E-state index contributed by atoms with van der Waals surface area (Å²) in [5.41, 5.74) is 15.1. The number of hydrazine groups is 1. The van der Waals surface area contributed by atoms with Gasteiger partial charge in [-0.2, -0.15) is 0 Å². The number of amides is 3. The van der Waals surface area contributed by atoms with Gasteiger partial charge in [-0.25, -0.2) is 5.43 Å². The van der Waals surface area contributed by atoms with E-state index in [2.05, 4.69) is 70.1 Å². The van der Waals surface area contributed by atoms with E-state index in [1.54, 1.807) is 49.0 Å². The number of fused-ring (bicyclic) bond motifs is 8. The van der Waals surface area contributed by atoms with Gasteiger partial charge in [0, 0.05) is 93.0 Å². The Bertz CT molecular complexity index is 2950. The van der Waals surface area contributed by atoms with Crippen LogP contribution in [0.4, 0.5) is 28.4 Å². The molecule has 17 nitrogen and oxygen atoms in total. The van der Waals surface area contributed by atoms with Gasteiger partial charge >= 0.3 is 0 Å². The maximum absolute atomic E-state index is 14.4. The number of benzene rings is 5. The molecule has 0 saturated carbocycles. The molecular weight excluding hydrogens is 1040 g/mol. The molecule has 422 valence electrons. The van der Waals surface area contributed by atoms with Crippen LogP contribution in [0.3, 0.4) is 0 Å². The largest absolute Gasteiger partial charge is 0.493 e. The number of anilines is 5. The number of para-hydroxylation sites is 2. The van der Waals surface area contributed by atoms with Crippen LogP contribution in [-0.2, 0) is 45.1 Å². The number of nitrogens with one attached hydrogen (secondary N) is 3. The molecule has 0 bridgehead atoms. The average molecular weight is 1120 g/mol. The molecule has 4 heterocycles. The van der Waals surface area contributed by atoms with E-state index in [1.165, 1.54) is 5.56 Å². The molecular formula is C60H75N7O10S2. The molecule has 19 heteroatoms. The van der Waals surface area contributed by atoms with E-state index in [0.29, 0.717) is 112 Å². The van der Waals surface area contributed by atoms with E-state index in [9.17, 15) is 14.4 Å². The molecule has 0 fully saturated rings. The van der Waals surface area contributed by atoms with Crippen LogP contribution >= 0.6 is 21.6 Å². The highest BCUT2D eigenvalue weighted by Gasteiger charge is 2.40. The predicted octanol–water partition coefficient (Wildman–Crippen LogP) is 8.95. The van der Waals surface area contributed by atoms with Gasteiger partial charge in [0.15, 0.2) is 23.0 Å². The lowest BCUT2D eigenvalue weighted by Crippen LogP contribution is -2.41. The van der Waals surface area contributed by atoms with Gasteiger partial charge in [-0.15, -0.1) is 0 Å². The highest BCUT2D eigenvalue weighted by Crippen LogP contribution is 2.44. The minimum Gasteiger partial charge on any atom is -0.493 e. The Labute approximate surface area is 472 Å². The number of hydrogen-bond donors (Lipinski definition) is 3. The first-order valence-corrected chi connectivity index (χ1v) is 29.5. The minimum absolute atomic E-state index is 0.00713. The SMILES string of the molecule is CCNNC(=O)CCCSSC(C)(C)CN(CCOCCOCCOC)c1cc(COc2cc3c(cc2OC)C(=O)N2c4ccccc4C[C@H]2CN3)cc(COc2cc3c(cc2OC)C(=O)N2c4ccccc4C[C@H]2CN3C)c1. The highest BCUT2D eigenvalue weighted by molar-refractivity contribution is 8.77. The molecule has 0 radical (unpaired) electrons. The van der Waals surface area contributed by atoms with E-state index >= 15 is 0 Å². The van der Waals surface area contributed by atoms with Crippen molar-refractivity contribution < 1.29 is 47.5 Å². The van der Waals surface area contributed by atoms with E-state index in [4.69, 9.17) is 33.2 Å². The molecule has 0 unspecified atom stereocenters. The first-order chi connectivity index (χ1) is 38.4. The number of carbonyl (C=O) groups excluding carboxylic acids is 3. The van der Waals surface area contributed by atoms with Crippen molar-refractivity contribution in [1.29, 1.82) is 0 Å². The number of ether oxygens (including phenoxy) is 7. The van der Waals surface area contributed by atoms with Crippen LogP contribution in [0.25, 0.3) is 0 Å². The van der Waals surface area contributed by atoms with Crippen LogP contribution in [0.2, 0.25) is 0 Å². The van der Waals surface area contributed by atoms with Crippen LogP contribution in [-0.4, -0.2) is 134 Å². The maximum Gasteiger partial charge on any atom is 0.260 e. The summed E-state index contributed by atoms with van der Waals surface area (Å²) in [5.74, 6) is 2.57. The van der Waals surface area contributed by atoms with Gasteiger partial charge in [0.05, 0.1) is 81.8 Å². The summed E-state index contributed by atoms with van der Waals surface area (Å²) in [4.78, 5) is 49.3. The number of methoxy groups -OCH3 is 3. The number of nitrogens with zero attached hydrogens (tertiary/aromatic N) is 4. The fourth-order valence-corrected chi connectivity index (χ4v) is 13.3. The molecule has 3 N–H and O–H groups in total. The molecule has 2 atom stereocenters. The zero-order chi connectivity index (χ0) is 55.5. The van der Waals surface area contributed by atoms with Crippen molar-refractivity contribution in [2.24, 2.45) is 0 Å². The average Bonchev–Trinajstić information content (AvgIpc) is 4.21. The smallest absolute Gasteiger partial charge is 0.260 e. The van der Waals surface area contributed by atoms with Gasteiger partial charge < -0.3 is 58.1 Å². The highest BCUT2D eigenvalue weighted by atomic mass is 33.1. The summed E-state index contributed by atoms with van der Waals surface area (Å²) >= 11 is 0. The van der Waals surface area contributed by atoms with E-state index in [0.717, 1.165) is 64.5 Å². The molecule has 3 amide bonds. The van der Waals surface area contributed by atoms with Crippen molar-refractivity contribution in [2.75, 3.05) is 125 Å². The first-order valence-electron chi connectivity index (χ1n) is 27.2. The fraction of sp³-hybridized carbons (Fsp3) is 0.450. The molecule has 79 heavy (non-hydrogen) atoms. The van der Waals surface area contributed by atoms with Crippen molar-refractivity contribution >= 4 is 67.7 Å². The summed E-state index contributed by atoms with van der Waals surface area (Å²) in [6.07, 6.45) is 2.75. The maximum atomic E-state index is 14.4. The van der Waals surface area contributed by atoms with Gasteiger partial charge in [-0.05, 0) is 97.8 Å². The standard InChI is InChI=1S/C60H75N7O10S2/c1-8-62-63-57(68)18-13-25-78-79-60(2,3)39-65(19-20-74-23-24-75-22-21-71-5)44-27-40(37-76-55-33-49-47(31-53(55)72-6)58(69)66-45(35-61-49)29-42-14-9-11-16-50(42)66)26-41(28-44)38-77-56-34-52-48(32-54(56)73-7)59(70)67-46(36-64(52)4)30-43-15-10-12-17-51(43)67/h9-12,14-17,26-28,31-34,45-46,61-62H,8,13,18-25,29-30,35-39H2,1-7H3,(H,63,68)/t45-,46-/m0/s1. The monoisotopic (exact) mass is 1120 g/mol. The summed E-state index contributed by atoms with van der Waals surface area (Å²) in [6.45, 7) is 12.2. The lowest BCUT2D eigenvalue weighted by molar-refractivity contribution is -0.122. The Morgan fingerprint density at radius 3 is 2.01 bits per heavy atom. The molecule has 0 aromatic heterocycles. The zero-order valence-corrected chi connectivity index (χ0v) is 48.2. The third kappa shape index (κ3) is 13.8. The van der Waals surface area contributed by atoms with Crippen molar-refractivity contribution in [2.45, 2.75) is 76.5 Å². The second-order valence-corrected chi connectivity index (χ2v) is 23.8. The van der Waals surface area contributed by atoms with Crippen LogP contribution < -0.4 is 54.7 Å². The minimum atomic E-state index is -0.240. The summed E-state index contributed by atoms with van der Waals surface area (Å²) < 4.78 is 42.2. The molecule has 5 aromatic carbocycles. The van der Waals surface area contributed by atoms with E-state index in [1.807, 2.05) is 78.4 Å². The van der Waals surface area contributed by atoms with Crippen LogP contribution in [0.5, 0.6) is 23.0 Å². The second kappa shape index (κ2) is 26.7. The van der Waals surface area contributed by atoms with Gasteiger partial charge in [0.25, 0.3) is 11.8 Å². The molecule has 4 aliphatic heterocycles. The Morgan fingerprint density at radius 1 is 0.734 bits per heavy atom. The number of hydrogen-bond acceptors (Lipinski definition) is 16. The third-order valence-electron chi connectivity index (χ3n) is 14.4. The quantitative estimate of drug-likeness (QED) is 0.0247. The van der Waals surface area contributed by atoms with E-state index in [-0.39, 0.29) is 47.8 Å². The first kappa shape index (κ1) is 57.3. The Kier molecular flexibility index (Phi) is 19.4. The summed E-state index contributed by atoms with van der Waals surface area (Å²) in [6, 6.07) is 30.0. The normalized spacial score (nSPS) is 16.2. The predicted molar refractivity (Wildman–Crippen MR) is 315 cm³/mol. The lowest BCUT2D eigenvalue weighted by atomic mass is 10.1. The number of likely N-dealkylation sites (N-methyl/N-ethyl adjacent to an activating group) is 1. The van der Waals surface area contributed by atoms with Crippen molar-refractivity contribution in [1.82, 2.24) is 10.9 Å². The van der Waals surface area contributed by atoms with Crippen molar-refractivity contribution in [3.63, 3.8) is 0 Å². The molecule has 0 spiro atoms. The summed E-state index contributed by atoms with van der Waals surface area (Å²) in [7, 11) is 10.4. The lowest BCUT2D eigenvalue weighted by Gasteiger charge is -2.34. The van der Waals surface area contributed by atoms with Gasteiger partial charge in [0.1, 0.15) is 13.2 Å². The van der Waals surface area contributed by atoms with Gasteiger partial charge in [-0.1, -0.05) is 64.9 Å². The molecule has 5 aromatic rings. The van der Waals surface area contributed by atoms with Crippen molar-refractivity contribution in [3.8, 4) is 23.0 Å². The Hall–Kier alpha value is -6.35. The van der Waals surface area contributed by atoms with Crippen LogP contribution in [0.1, 0.15) is 76.6 Å². The number of carbonyl (C=O) groups is 3. The fourth-order valence-electron chi connectivity index (χ4n) is 10.7. The molecule has 0 saturated heterocycles. The van der Waals surface area contributed by atoms with Crippen LogP contribution in [0, 0.1) is 0 Å². The Balaban J connectivity index is 0.997. The van der Waals surface area contributed by atoms with E-state index < -0.39 is 0 Å². The topological polar surface area (TPSA) is 165 Å². The van der Waals surface area contributed by atoms with Gasteiger partial charge in [0.2, 0.25) is 5.91 Å². The summed E-state index contributed by atoms with van der Waals surface area (Å²) in [5, 5.41) is 3.56. The molecule has 0 aliphatic carbocycles. The zero-order valence-electron chi connectivity index (χ0n) is 46.5. The molecule has 9 rings (SSSR count). The molecule has 4 aliphatic rings. The van der Waals surface area contributed by atoms with Crippen molar-refractivity contribution in [3.05, 3.63) is 124 Å². The van der Waals surface area contributed by atoms with Crippen LogP contribution in [0.15, 0.2) is 91.0 Å². The Morgan fingerprint density at radius 2 is 1.34 bits per heavy atom. The van der Waals surface area contributed by atoms with Gasteiger partial charge in [-0.3, -0.25) is 19.8 Å². The number of rotatable bonds is 28. The second-order valence-electron chi connectivity index (χ2n) is 20.7. The third-order valence-corrected chi connectivity index (χ3v) is 17.8.